The lowest BCUT2D eigenvalue weighted by Gasteiger charge is -2.26. The van der Waals surface area contributed by atoms with Crippen molar-refractivity contribution in [2.24, 2.45) is 0 Å². The number of carbonyl (C=O) groups is 1. The van der Waals surface area contributed by atoms with Crippen molar-refractivity contribution in [1.82, 2.24) is 8.71 Å². The van der Waals surface area contributed by atoms with Crippen LogP contribution in [0.2, 0.25) is 0 Å². The number of sulfonamides is 1. The third-order valence-electron chi connectivity index (χ3n) is 5.98. The molecule has 7 nitrogen and oxygen atoms in total. The predicted molar refractivity (Wildman–Crippen MR) is 129 cm³/mol. The van der Waals surface area contributed by atoms with Crippen LogP contribution < -0.4 is 4.74 Å². The SMILES string of the molecule is COc1cccc(-c2cc3ccccn3c2C(=O)c2cccc(S(=O)(=O)N3CCOCC3)c2)c1. The van der Waals surface area contributed by atoms with Gasteiger partial charge in [0, 0.05) is 35.9 Å². The van der Waals surface area contributed by atoms with E-state index in [9.17, 15) is 13.2 Å². The Balaban J connectivity index is 1.61. The Morgan fingerprint density at radius 3 is 2.53 bits per heavy atom. The monoisotopic (exact) mass is 476 g/mol. The van der Waals surface area contributed by atoms with E-state index in [1.165, 1.54) is 16.4 Å². The quantitative estimate of drug-likeness (QED) is 0.395. The number of carbonyl (C=O) groups excluding carboxylic acids is 1. The largest absolute Gasteiger partial charge is 0.497 e. The number of ether oxygens (including phenoxy) is 2. The predicted octanol–water partition coefficient (Wildman–Crippen LogP) is 3.87. The number of nitrogens with zero attached hydrogens (tertiary/aromatic N) is 2. The molecule has 1 aliphatic rings. The molecule has 0 aliphatic carbocycles. The van der Waals surface area contributed by atoms with Gasteiger partial charge in [-0.15, -0.1) is 0 Å². The molecular formula is C26H24N2O5S. The molecule has 3 heterocycles. The molecule has 0 atom stereocenters. The molecule has 2 aromatic carbocycles. The molecule has 2 aromatic heterocycles. The summed E-state index contributed by atoms with van der Waals surface area (Å²) in [5, 5.41) is 0. The van der Waals surface area contributed by atoms with Crippen LogP contribution in [0, 0.1) is 0 Å². The van der Waals surface area contributed by atoms with Crippen molar-refractivity contribution in [3.05, 3.63) is 90.3 Å². The molecule has 34 heavy (non-hydrogen) atoms. The average Bonchev–Trinajstić information content (AvgIpc) is 3.28. The second-order valence-corrected chi connectivity index (χ2v) is 9.95. The van der Waals surface area contributed by atoms with E-state index in [1.54, 1.807) is 19.2 Å². The standard InChI is InChI=1S/C26H24N2O5S/c1-32-22-9-4-6-19(16-22)24-18-21-8-2-3-11-28(21)25(24)26(29)20-7-5-10-23(17-20)34(30,31)27-12-14-33-15-13-27/h2-11,16-18H,12-15H2,1H3. The summed E-state index contributed by atoms with van der Waals surface area (Å²) in [4.78, 5) is 13.9. The molecule has 1 fully saturated rings. The Bertz CT molecular complexity index is 1470. The lowest BCUT2D eigenvalue weighted by atomic mass is 10.00. The van der Waals surface area contributed by atoms with Gasteiger partial charge in [0.25, 0.3) is 0 Å². The molecular weight excluding hydrogens is 452 g/mol. The average molecular weight is 477 g/mol. The Morgan fingerprint density at radius 2 is 1.74 bits per heavy atom. The van der Waals surface area contributed by atoms with E-state index in [0.717, 1.165) is 16.6 Å². The number of morpholine rings is 1. The summed E-state index contributed by atoms with van der Waals surface area (Å²) in [6.07, 6.45) is 1.83. The third kappa shape index (κ3) is 4.00. The number of fused-ring (bicyclic) bond motifs is 1. The molecule has 0 radical (unpaired) electrons. The van der Waals surface area contributed by atoms with Gasteiger partial charge in [0.1, 0.15) is 11.4 Å². The zero-order valence-corrected chi connectivity index (χ0v) is 19.5. The summed E-state index contributed by atoms with van der Waals surface area (Å²) >= 11 is 0. The first-order valence-corrected chi connectivity index (χ1v) is 12.4. The van der Waals surface area contributed by atoms with Crippen molar-refractivity contribution in [3.8, 4) is 16.9 Å². The Morgan fingerprint density at radius 1 is 0.941 bits per heavy atom. The van der Waals surface area contributed by atoms with E-state index in [0.29, 0.717) is 43.3 Å². The number of rotatable bonds is 6. The van der Waals surface area contributed by atoms with Gasteiger partial charge in [0.2, 0.25) is 15.8 Å². The molecule has 0 N–H and O–H groups in total. The number of aromatic nitrogens is 1. The molecule has 0 amide bonds. The maximum atomic E-state index is 13.8. The van der Waals surface area contributed by atoms with Crippen LogP contribution >= 0.6 is 0 Å². The van der Waals surface area contributed by atoms with Gasteiger partial charge < -0.3 is 13.9 Å². The minimum atomic E-state index is -3.72. The van der Waals surface area contributed by atoms with Crippen LogP contribution in [-0.2, 0) is 14.8 Å². The summed E-state index contributed by atoms with van der Waals surface area (Å²) in [6.45, 7) is 1.31. The zero-order valence-electron chi connectivity index (χ0n) is 18.7. The molecule has 5 rings (SSSR count). The van der Waals surface area contributed by atoms with Crippen molar-refractivity contribution < 1.29 is 22.7 Å². The molecule has 174 valence electrons. The smallest absolute Gasteiger partial charge is 0.243 e. The highest BCUT2D eigenvalue weighted by molar-refractivity contribution is 7.89. The fourth-order valence-corrected chi connectivity index (χ4v) is 5.69. The van der Waals surface area contributed by atoms with Crippen LogP contribution in [0.25, 0.3) is 16.6 Å². The molecule has 0 spiro atoms. The first-order valence-electron chi connectivity index (χ1n) is 11.0. The first-order chi connectivity index (χ1) is 16.5. The zero-order chi connectivity index (χ0) is 23.7. The lowest BCUT2D eigenvalue weighted by molar-refractivity contribution is 0.0730. The van der Waals surface area contributed by atoms with Crippen LogP contribution in [-0.4, -0.2) is 56.3 Å². The summed E-state index contributed by atoms with van der Waals surface area (Å²) < 4.78 is 40.2. The molecule has 1 aliphatic heterocycles. The number of methoxy groups -OCH3 is 1. The lowest BCUT2D eigenvalue weighted by Crippen LogP contribution is -2.40. The van der Waals surface area contributed by atoms with Gasteiger partial charge in [-0.05, 0) is 48.0 Å². The van der Waals surface area contributed by atoms with Crippen LogP contribution in [0.5, 0.6) is 5.75 Å². The van der Waals surface area contributed by atoms with Crippen molar-refractivity contribution in [3.63, 3.8) is 0 Å². The highest BCUT2D eigenvalue weighted by atomic mass is 32.2. The van der Waals surface area contributed by atoms with Gasteiger partial charge in [-0.3, -0.25) is 4.79 Å². The summed E-state index contributed by atoms with van der Waals surface area (Å²) in [7, 11) is -2.12. The van der Waals surface area contributed by atoms with E-state index in [4.69, 9.17) is 9.47 Å². The first kappa shape index (κ1) is 22.3. The van der Waals surface area contributed by atoms with Gasteiger partial charge in [0.05, 0.1) is 25.2 Å². The van der Waals surface area contributed by atoms with Crippen LogP contribution in [0.1, 0.15) is 16.1 Å². The Labute approximate surface area is 198 Å². The topological polar surface area (TPSA) is 77.3 Å². The van der Waals surface area contributed by atoms with E-state index in [1.807, 2.05) is 59.1 Å². The summed E-state index contributed by atoms with van der Waals surface area (Å²) in [6, 6.07) is 21.4. The molecule has 0 unspecified atom stereocenters. The van der Waals surface area contributed by atoms with Gasteiger partial charge in [-0.1, -0.05) is 30.3 Å². The maximum absolute atomic E-state index is 13.8. The number of benzene rings is 2. The van der Waals surface area contributed by atoms with Crippen LogP contribution in [0.3, 0.4) is 0 Å². The highest BCUT2D eigenvalue weighted by Gasteiger charge is 2.28. The van der Waals surface area contributed by atoms with Crippen LogP contribution in [0.4, 0.5) is 0 Å². The molecule has 1 saturated heterocycles. The van der Waals surface area contributed by atoms with Crippen molar-refractivity contribution in [2.75, 3.05) is 33.4 Å². The van der Waals surface area contributed by atoms with E-state index < -0.39 is 10.0 Å². The number of ketones is 1. The molecule has 0 bridgehead atoms. The Kier molecular flexibility index (Phi) is 5.95. The third-order valence-corrected chi connectivity index (χ3v) is 7.87. The molecule has 4 aromatic rings. The van der Waals surface area contributed by atoms with E-state index in [-0.39, 0.29) is 10.7 Å². The molecule has 8 heteroatoms. The van der Waals surface area contributed by atoms with Crippen molar-refractivity contribution in [2.45, 2.75) is 4.90 Å². The van der Waals surface area contributed by atoms with E-state index >= 15 is 0 Å². The van der Waals surface area contributed by atoms with E-state index in [2.05, 4.69) is 0 Å². The summed E-state index contributed by atoms with van der Waals surface area (Å²) in [5.41, 5.74) is 3.22. The van der Waals surface area contributed by atoms with Gasteiger partial charge in [-0.25, -0.2) is 8.42 Å². The van der Waals surface area contributed by atoms with Crippen molar-refractivity contribution in [1.29, 1.82) is 0 Å². The van der Waals surface area contributed by atoms with Crippen molar-refractivity contribution >= 4 is 21.3 Å². The normalized spacial score (nSPS) is 14.9. The fourth-order valence-electron chi connectivity index (χ4n) is 4.24. The number of hydrogen-bond donors (Lipinski definition) is 0. The van der Waals surface area contributed by atoms with Gasteiger partial charge in [-0.2, -0.15) is 4.31 Å². The fraction of sp³-hybridized carbons (Fsp3) is 0.192. The number of hydrogen-bond acceptors (Lipinski definition) is 5. The van der Waals surface area contributed by atoms with Gasteiger partial charge >= 0.3 is 0 Å². The minimum Gasteiger partial charge on any atom is -0.497 e. The van der Waals surface area contributed by atoms with Gasteiger partial charge in [0.15, 0.2) is 0 Å². The second-order valence-electron chi connectivity index (χ2n) is 8.01. The highest BCUT2D eigenvalue weighted by Crippen LogP contribution is 2.32. The number of pyridine rings is 1. The molecule has 0 saturated carbocycles. The summed E-state index contributed by atoms with van der Waals surface area (Å²) in [5.74, 6) is 0.424. The minimum absolute atomic E-state index is 0.101. The Hall–Kier alpha value is -3.46. The second kappa shape index (κ2) is 9.06. The maximum Gasteiger partial charge on any atom is 0.243 e. The van der Waals surface area contributed by atoms with Crippen LogP contribution in [0.15, 0.2) is 83.9 Å².